The summed E-state index contributed by atoms with van der Waals surface area (Å²) in [6.45, 7) is 0. The van der Waals surface area contributed by atoms with Crippen LogP contribution in [0.15, 0.2) is 213 Å². The Bertz CT molecular complexity index is 2930. The Hall–Kier alpha value is -6.06. The maximum Gasteiger partial charge on any atom is 0.277 e. The molecule has 0 amide bonds. The summed E-state index contributed by atoms with van der Waals surface area (Å²) in [5, 5.41) is 3.69. The quantitative estimate of drug-likeness (QED) is 0.0953. The summed E-state index contributed by atoms with van der Waals surface area (Å²) < 4.78 is 6.98. The molecular formula is C51H41N4O4P2Pd+. The molecule has 11 rings (SSSR count). The minimum absolute atomic E-state index is 0. The summed E-state index contributed by atoms with van der Waals surface area (Å²) in [4.78, 5) is 60.1. The average molecular weight is 942 g/mol. The minimum Gasteiger partial charge on any atom is -0.358 e. The van der Waals surface area contributed by atoms with Gasteiger partial charge >= 0.3 is 0 Å². The SMILES string of the molecule is O=c1c2ccccc2c(=O)n2n1C(c1ccccc1)[PH+](c1ccccc1[PH+]1C(c3ccccc3)n3c(=O)c4ccccc4c(=O)n3[C@@H]1c1ccccc1)[C@H]2c1ccccc1.[CH3-].[Pd]. The Morgan fingerprint density at radius 2 is 0.484 bits per heavy atom. The van der Waals surface area contributed by atoms with Gasteiger partial charge in [0.25, 0.3) is 22.2 Å². The van der Waals surface area contributed by atoms with Gasteiger partial charge in [-0.3, -0.25) is 19.2 Å². The van der Waals surface area contributed by atoms with Crippen LogP contribution in [0.2, 0.25) is 0 Å². The molecule has 0 bridgehead atoms. The van der Waals surface area contributed by atoms with E-state index in [2.05, 4.69) is 72.8 Å². The molecule has 308 valence electrons. The second-order valence-corrected chi connectivity index (χ2v) is 20.5. The molecule has 0 spiro atoms. The molecule has 11 heteroatoms. The first-order valence-electron chi connectivity index (χ1n) is 20.1. The van der Waals surface area contributed by atoms with Crippen molar-refractivity contribution >= 4 is 48.0 Å². The molecule has 9 aromatic rings. The first-order valence-corrected chi connectivity index (χ1v) is 23.4. The zero-order chi connectivity index (χ0) is 40.5. The van der Waals surface area contributed by atoms with Gasteiger partial charge in [-0.15, -0.1) is 0 Å². The van der Waals surface area contributed by atoms with E-state index in [4.69, 9.17) is 0 Å². The monoisotopic (exact) mass is 941 g/mol. The van der Waals surface area contributed by atoms with Crippen molar-refractivity contribution in [2.75, 3.05) is 0 Å². The van der Waals surface area contributed by atoms with Crippen molar-refractivity contribution in [3.8, 4) is 0 Å². The Labute approximate surface area is 373 Å². The third kappa shape index (κ3) is 6.30. The van der Waals surface area contributed by atoms with E-state index < -0.39 is 39.0 Å². The van der Waals surface area contributed by atoms with Gasteiger partial charge in [-0.1, -0.05) is 158 Å². The standard InChI is InChI=1S/C50H36N4O4P2.CH3.Pd/c55-43-37-27-13-14-28-38(37)44(56)52-48(34-21-7-2-8-22-34)59(47(51(43)52)33-19-5-1-6-20-33)41-31-17-18-32-42(41)60-49(35-23-9-3-10-24-35)53-45(57)39-29-15-16-30-40(39)46(58)54(53)50(60)36-25-11-4-12-26-36;;/h1-32,47-50H;1H3;/q;-1;/p+2/t47-,48?,49-,50?,59?,60?;;/m0../s1. The van der Waals surface area contributed by atoms with Gasteiger partial charge in [-0.25, -0.2) is 0 Å². The Morgan fingerprint density at radius 3 is 0.710 bits per heavy atom. The summed E-state index contributed by atoms with van der Waals surface area (Å²) in [5.74, 6) is -1.96. The molecule has 0 aliphatic carbocycles. The maximum absolute atomic E-state index is 15.0. The predicted molar refractivity (Wildman–Crippen MR) is 252 cm³/mol. The van der Waals surface area contributed by atoms with Crippen molar-refractivity contribution in [2.45, 2.75) is 23.1 Å². The van der Waals surface area contributed by atoms with E-state index >= 15 is 19.2 Å². The molecule has 62 heavy (non-hydrogen) atoms. The smallest absolute Gasteiger partial charge is 0.277 e. The fraction of sp³-hybridized carbons (Fsp3) is 0.0784. The third-order valence-corrected chi connectivity index (χ3v) is 19.3. The Kier molecular flexibility index (Phi) is 11.1. The zero-order valence-electron chi connectivity index (χ0n) is 33.5. The number of aromatic nitrogens is 4. The first-order chi connectivity index (χ1) is 29.5. The van der Waals surface area contributed by atoms with Crippen LogP contribution in [-0.4, -0.2) is 18.7 Å². The Balaban J connectivity index is 0.00000245. The molecule has 4 unspecified atom stereocenters. The molecule has 0 saturated heterocycles. The molecule has 0 N–H and O–H groups in total. The molecule has 0 radical (unpaired) electrons. The van der Waals surface area contributed by atoms with Crippen molar-refractivity contribution in [1.29, 1.82) is 0 Å². The molecule has 0 saturated carbocycles. The van der Waals surface area contributed by atoms with Crippen LogP contribution < -0.4 is 32.8 Å². The van der Waals surface area contributed by atoms with Gasteiger partial charge in [0.2, 0.25) is 0 Å². The van der Waals surface area contributed by atoms with Gasteiger partial charge in [-0.05, 0) is 36.4 Å². The topological polar surface area (TPSA) is 88.0 Å². The van der Waals surface area contributed by atoms with Crippen molar-refractivity contribution < 1.29 is 20.4 Å². The summed E-state index contributed by atoms with van der Waals surface area (Å²) in [5.41, 5.74) is 2.90. The molecule has 0 fully saturated rings. The van der Waals surface area contributed by atoms with Gasteiger partial charge in [0.1, 0.15) is 10.6 Å². The van der Waals surface area contributed by atoms with Gasteiger partial charge < -0.3 is 7.43 Å². The summed E-state index contributed by atoms with van der Waals surface area (Å²) in [6, 6.07) is 63.0. The molecule has 8 nitrogen and oxygen atoms in total. The molecule has 7 aromatic carbocycles. The number of nitrogens with zero attached hydrogens (tertiary/aromatic N) is 4. The van der Waals surface area contributed by atoms with E-state index in [-0.39, 0.29) is 50.1 Å². The van der Waals surface area contributed by atoms with Crippen LogP contribution in [0.5, 0.6) is 0 Å². The molecular weight excluding hydrogens is 901 g/mol. The average Bonchev–Trinajstić information content (AvgIpc) is 3.87. The zero-order valence-corrected chi connectivity index (χ0v) is 37.1. The van der Waals surface area contributed by atoms with E-state index in [1.54, 1.807) is 43.0 Å². The molecule has 2 aromatic heterocycles. The molecule has 4 heterocycles. The van der Waals surface area contributed by atoms with Gasteiger partial charge in [0, 0.05) is 42.7 Å². The molecule has 2 aliphatic heterocycles. The second kappa shape index (κ2) is 16.7. The van der Waals surface area contributed by atoms with Crippen LogP contribution in [-0.2, 0) is 20.4 Å². The van der Waals surface area contributed by atoms with Crippen molar-refractivity contribution in [3.63, 3.8) is 0 Å². The maximum atomic E-state index is 15.0. The minimum atomic E-state index is -2.09. The van der Waals surface area contributed by atoms with E-state index in [0.29, 0.717) is 21.5 Å². The van der Waals surface area contributed by atoms with Crippen molar-refractivity contribution in [1.82, 2.24) is 18.7 Å². The van der Waals surface area contributed by atoms with Crippen LogP contribution in [0.25, 0.3) is 21.5 Å². The van der Waals surface area contributed by atoms with Gasteiger partial charge in [0.15, 0.2) is 23.1 Å². The van der Waals surface area contributed by atoms with Crippen LogP contribution in [0, 0.1) is 7.43 Å². The molecule has 2 aliphatic rings. The summed E-state index contributed by atoms with van der Waals surface area (Å²) in [6.07, 6.45) is 0. The molecule has 6 atom stereocenters. The Morgan fingerprint density at radius 1 is 0.290 bits per heavy atom. The van der Waals surface area contributed by atoms with Crippen LogP contribution in [0.4, 0.5) is 0 Å². The first kappa shape index (κ1) is 41.3. The van der Waals surface area contributed by atoms with Crippen LogP contribution in [0.3, 0.4) is 0 Å². The van der Waals surface area contributed by atoms with E-state index in [1.165, 1.54) is 0 Å². The van der Waals surface area contributed by atoms with E-state index in [1.807, 2.05) is 97.1 Å². The van der Waals surface area contributed by atoms with Crippen LogP contribution in [0.1, 0.15) is 45.4 Å². The fourth-order valence-corrected chi connectivity index (χ4v) is 18.0. The number of rotatable bonds is 6. The predicted octanol–water partition coefficient (Wildman–Crippen LogP) is 8.38. The van der Waals surface area contributed by atoms with Gasteiger partial charge in [0.05, 0.1) is 37.4 Å². The fourth-order valence-electron chi connectivity index (χ4n) is 9.79. The normalized spacial score (nSPS) is 19.9. The summed E-state index contributed by atoms with van der Waals surface area (Å²) >= 11 is 0. The van der Waals surface area contributed by atoms with E-state index in [0.717, 1.165) is 32.9 Å². The van der Waals surface area contributed by atoms with Crippen molar-refractivity contribution in [2.24, 2.45) is 0 Å². The summed E-state index contributed by atoms with van der Waals surface area (Å²) in [7, 11) is -4.18. The number of hydrogen-bond acceptors (Lipinski definition) is 4. The third-order valence-electron chi connectivity index (χ3n) is 12.2. The van der Waals surface area contributed by atoms with Crippen molar-refractivity contribution in [3.05, 3.63) is 265 Å². The van der Waals surface area contributed by atoms with E-state index in [9.17, 15) is 0 Å². The number of benzene rings is 7. The largest absolute Gasteiger partial charge is 0.358 e. The number of fused-ring (bicyclic) bond motifs is 4. The second-order valence-electron chi connectivity index (χ2n) is 15.4. The van der Waals surface area contributed by atoms with Crippen LogP contribution >= 0.6 is 15.8 Å². The number of hydrogen-bond donors (Lipinski definition) is 0. The van der Waals surface area contributed by atoms with Gasteiger partial charge in [-0.2, -0.15) is 18.7 Å².